The molecule has 0 aliphatic heterocycles. The van der Waals surface area contributed by atoms with E-state index in [0.29, 0.717) is 5.88 Å². The molecule has 0 atom stereocenters. The SMILES string of the molecule is COc1ccc(Oc2ccnc(N)n2)c(C(C)(C)C)c1. The smallest absolute Gasteiger partial charge is 0.224 e. The second-order valence-corrected chi connectivity index (χ2v) is 5.47. The van der Waals surface area contributed by atoms with Gasteiger partial charge in [-0.05, 0) is 23.6 Å². The van der Waals surface area contributed by atoms with Gasteiger partial charge in [-0.3, -0.25) is 0 Å². The number of rotatable bonds is 3. The second-order valence-electron chi connectivity index (χ2n) is 5.47. The van der Waals surface area contributed by atoms with Gasteiger partial charge >= 0.3 is 0 Å². The van der Waals surface area contributed by atoms with Gasteiger partial charge in [-0.2, -0.15) is 4.98 Å². The fourth-order valence-electron chi connectivity index (χ4n) is 1.84. The Balaban J connectivity index is 2.41. The number of hydrogen-bond acceptors (Lipinski definition) is 5. The average molecular weight is 273 g/mol. The lowest BCUT2D eigenvalue weighted by Crippen LogP contribution is -2.13. The molecule has 0 saturated heterocycles. The van der Waals surface area contributed by atoms with E-state index in [1.807, 2.05) is 18.2 Å². The number of hydrogen-bond donors (Lipinski definition) is 1. The summed E-state index contributed by atoms with van der Waals surface area (Å²) in [6.45, 7) is 6.34. The Morgan fingerprint density at radius 2 is 1.90 bits per heavy atom. The molecule has 0 aliphatic rings. The summed E-state index contributed by atoms with van der Waals surface area (Å²) in [5, 5.41) is 0. The Hall–Kier alpha value is -2.30. The molecule has 20 heavy (non-hydrogen) atoms. The summed E-state index contributed by atoms with van der Waals surface area (Å²) in [6.07, 6.45) is 1.57. The van der Waals surface area contributed by atoms with Crippen LogP contribution in [0.4, 0.5) is 5.95 Å². The average Bonchev–Trinajstić information content (AvgIpc) is 2.38. The monoisotopic (exact) mass is 273 g/mol. The van der Waals surface area contributed by atoms with Gasteiger partial charge in [0.25, 0.3) is 0 Å². The van der Waals surface area contributed by atoms with Crippen molar-refractivity contribution in [2.45, 2.75) is 26.2 Å². The highest BCUT2D eigenvalue weighted by Crippen LogP contribution is 2.36. The number of nitrogens with two attached hydrogens (primary N) is 1. The topological polar surface area (TPSA) is 70.3 Å². The van der Waals surface area contributed by atoms with E-state index in [1.54, 1.807) is 19.4 Å². The molecule has 2 aromatic rings. The summed E-state index contributed by atoms with van der Waals surface area (Å²) in [7, 11) is 1.65. The van der Waals surface area contributed by atoms with Crippen LogP contribution in [-0.2, 0) is 5.41 Å². The first-order chi connectivity index (χ1) is 9.40. The molecule has 5 nitrogen and oxygen atoms in total. The molecule has 0 radical (unpaired) electrons. The Labute approximate surface area is 118 Å². The van der Waals surface area contributed by atoms with Crippen LogP contribution in [0.3, 0.4) is 0 Å². The van der Waals surface area contributed by atoms with Crippen molar-refractivity contribution in [1.82, 2.24) is 9.97 Å². The lowest BCUT2D eigenvalue weighted by atomic mass is 9.86. The quantitative estimate of drug-likeness (QED) is 0.930. The third-order valence-corrected chi connectivity index (χ3v) is 2.86. The molecule has 0 saturated carbocycles. The standard InChI is InChI=1S/C15H19N3O2/c1-15(2,3)11-9-10(19-4)5-6-12(11)20-13-7-8-17-14(16)18-13/h5-9H,1-4H3,(H2,16,17,18). The van der Waals surface area contributed by atoms with Crippen LogP contribution in [0.5, 0.6) is 17.4 Å². The Kier molecular flexibility index (Phi) is 3.79. The Bertz CT molecular complexity index is 606. The number of methoxy groups -OCH3 is 1. The number of nitrogens with zero attached hydrogens (tertiary/aromatic N) is 2. The first-order valence-electron chi connectivity index (χ1n) is 6.35. The molecule has 1 heterocycles. The molecule has 0 spiro atoms. The normalized spacial score (nSPS) is 11.2. The van der Waals surface area contributed by atoms with E-state index in [-0.39, 0.29) is 11.4 Å². The van der Waals surface area contributed by atoms with Gasteiger partial charge in [0, 0.05) is 17.8 Å². The summed E-state index contributed by atoms with van der Waals surface area (Å²) in [5.74, 6) is 2.14. The van der Waals surface area contributed by atoms with Crippen LogP contribution in [0, 0.1) is 0 Å². The maximum Gasteiger partial charge on any atom is 0.224 e. The predicted molar refractivity (Wildman–Crippen MR) is 78.2 cm³/mol. The molecular formula is C15H19N3O2. The van der Waals surface area contributed by atoms with E-state index < -0.39 is 0 Å². The van der Waals surface area contributed by atoms with E-state index in [0.717, 1.165) is 17.1 Å². The number of ether oxygens (including phenoxy) is 2. The van der Waals surface area contributed by atoms with Gasteiger partial charge in [0.2, 0.25) is 11.8 Å². The lowest BCUT2D eigenvalue weighted by Gasteiger charge is -2.23. The molecule has 0 unspecified atom stereocenters. The summed E-state index contributed by atoms with van der Waals surface area (Å²) in [4.78, 5) is 7.89. The molecule has 2 rings (SSSR count). The molecule has 0 amide bonds. The second kappa shape index (κ2) is 5.36. The van der Waals surface area contributed by atoms with E-state index in [2.05, 4.69) is 30.7 Å². The van der Waals surface area contributed by atoms with Crippen molar-refractivity contribution in [3.05, 3.63) is 36.0 Å². The van der Waals surface area contributed by atoms with Crippen molar-refractivity contribution in [2.75, 3.05) is 12.8 Å². The maximum absolute atomic E-state index is 5.83. The van der Waals surface area contributed by atoms with E-state index >= 15 is 0 Å². The number of nitrogen functional groups attached to an aromatic ring is 1. The fourth-order valence-corrected chi connectivity index (χ4v) is 1.84. The molecular weight excluding hydrogens is 254 g/mol. The molecule has 0 aliphatic carbocycles. The number of aromatic nitrogens is 2. The van der Waals surface area contributed by atoms with Gasteiger partial charge < -0.3 is 15.2 Å². The minimum Gasteiger partial charge on any atom is -0.497 e. The highest BCUT2D eigenvalue weighted by molar-refractivity contribution is 5.45. The summed E-state index contributed by atoms with van der Waals surface area (Å²) in [6, 6.07) is 7.37. The zero-order chi connectivity index (χ0) is 14.8. The summed E-state index contributed by atoms with van der Waals surface area (Å²) >= 11 is 0. The van der Waals surface area contributed by atoms with Crippen LogP contribution >= 0.6 is 0 Å². The number of anilines is 1. The zero-order valence-corrected chi connectivity index (χ0v) is 12.2. The van der Waals surface area contributed by atoms with Crippen LogP contribution in [-0.4, -0.2) is 17.1 Å². The van der Waals surface area contributed by atoms with Gasteiger partial charge in [-0.1, -0.05) is 20.8 Å². The first kappa shape index (κ1) is 14.1. The third-order valence-electron chi connectivity index (χ3n) is 2.86. The Morgan fingerprint density at radius 1 is 1.15 bits per heavy atom. The van der Waals surface area contributed by atoms with Crippen molar-refractivity contribution >= 4 is 5.95 Å². The molecule has 1 aromatic carbocycles. The van der Waals surface area contributed by atoms with Crippen LogP contribution in [0.15, 0.2) is 30.5 Å². The minimum atomic E-state index is -0.0809. The van der Waals surface area contributed by atoms with Crippen molar-refractivity contribution in [2.24, 2.45) is 0 Å². The van der Waals surface area contributed by atoms with E-state index in [4.69, 9.17) is 15.2 Å². The van der Waals surface area contributed by atoms with E-state index in [9.17, 15) is 0 Å². The molecule has 106 valence electrons. The lowest BCUT2D eigenvalue weighted by molar-refractivity contribution is 0.405. The highest BCUT2D eigenvalue weighted by Gasteiger charge is 2.20. The fraction of sp³-hybridized carbons (Fsp3) is 0.333. The van der Waals surface area contributed by atoms with Crippen LogP contribution in [0.1, 0.15) is 26.3 Å². The van der Waals surface area contributed by atoms with Gasteiger partial charge in [-0.25, -0.2) is 4.98 Å². The molecule has 0 bridgehead atoms. The van der Waals surface area contributed by atoms with Crippen molar-refractivity contribution in [3.8, 4) is 17.4 Å². The van der Waals surface area contributed by atoms with Crippen LogP contribution < -0.4 is 15.2 Å². The van der Waals surface area contributed by atoms with Crippen molar-refractivity contribution < 1.29 is 9.47 Å². The number of benzene rings is 1. The van der Waals surface area contributed by atoms with Crippen LogP contribution in [0.25, 0.3) is 0 Å². The molecule has 0 fully saturated rings. The third kappa shape index (κ3) is 3.17. The predicted octanol–water partition coefficient (Wildman–Crippen LogP) is 3.16. The highest BCUT2D eigenvalue weighted by atomic mass is 16.5. The Morgan fingerprint density at radius 3 is 2.50 bits per heavy atom. The maximum atomic E-state index is 5.83. The molecule has 5 heteroatoms. The first-order valence-corrected chi connectivity index (χ1v) is 6.35. The molecule has 2 N–H and O–H groups in total. The largest absolute Gasteiger partial charge is 0.497 e. The van der Waals surface area contributed by atoms with Gasteiger partial charge in [0.05, 0.1) is 7.11 Å². The van der Waals surface area contributed by atoms with Gasteiger partial charge in [0.1, 0.15) is 11.5 Å². The minimum absolute atomic E-state index is 0.0809. The van der Waals surface area contributed by atoms with Gasteiger partial charge in [0.15, 0.2) is 0 Å². The molecule has 1 aromatic heterocycles. The van der Waals surface area contributed by atoms with Gasteiger partial charge in [-0.15, -0.1) is 0 Å². The zero-order valence-electron chi connectivity index (χ0n) is 12.2. The van der Waals surface area contributed by atoms with E-state index in [1.165, 1.54) is 0 Å². The van der Waals surface area contributed by atoms with Crippen molar-refractivity contribution in [1.29, 1.82) is 0 Å². The van der Waals surface area contributed by atoms with Crippen molar-refractivity contribution in [3.63, 3.8) is 0 Å². The summed E-state index contributed by atoms with van der Waals surface area (Å²) in [5.41, 5.74) is 6.51. The summed E-state index contributed by atoms with van der Waals surface area (Å²) < 4.78 is 11.1. The van der Waals surface area contributed by atoms with Crippen LogP contribution in [0.2, 0.25) is 0 Å².